The number of fused-ring (bicyclic) bond motifs is 1. The van der Waals surface area contributed by atoms with Gasteiger partial charge in [0.15, 0.2) is 5.52 Å². The van der Waals surface area contributed by atoms with E-state index in [1.165, 1.54) is 19.1 Å². The topological polar surface area (TPSA) is 63.6 Å². The van der Waals surface area contributed by atoms with Gasteiger partial charge in [0.1, 0.15) is 11.3 Å². The van der Waals surface area contributed by atoms with Crippen molar-refractivity contribution in [2.24, 2.45) is 0 Å². The highest BCUT2D eigenvalue weighted by molar-refractivity contribution is 5.77. The monoisotopic (exact) mass is 418 g/mol. The normalized spacial score (nSPS) is 13.8. The van der Waals surface area contributed by atoms with Crippen molar-refractivity contribution in [3.05, 3.63) is 57.3 Å². The second-order valence-electron chi connectivity index (χ2n) is 6.66. The minimum atomic E-state index is -4.49. The summed E-state index contributed by atoms with van der Waals surface area (Å²) in [6.07, 6.45) is -10.1. The average Bonchev–Trinajstić information content (AvgIpc) is 2.97. The zero-order chi connectivity index (χ0) is 21.6. The Balaban J connectivity index is 2.07. The molecule has 0 aliphatic carbocycles. The lowest BCUT2D eigenvalue weighted by molar-refractivity contribution is -0.138. The Morgan fingerprint density at radius 1 is 1.10 bits per heavy atom. The molecule has 2 aromatic heterocycles. The van der Waals surface area contributed by atoms with Gasteiger partial charge in [-0.05, 0) is 24.6 Å². The lowest BCUT2D eigenvalue weighted by Gasteiger charge is -2.12. The standard InChI is InChI=1S/C18H16F6N4O/c1-9(11-3-5-12(6-4-11)18(22,23)24)13-14-15(16(29)26-10(2)25-14)28(27-13)8-7-17(19,20)21/h3-6,9H,7-8H2,1-2H3,(H,25,26,29)/t9-/m0/s1. The van der Waals surface area contributed by atoms with Gasteiger partial charge >= 0.3 is 12.4 Å². The Morgan fingerprint density at radius 3 is 2.28 bits per heavy atom. The molecule has 0 amide bonds. The highest BCUT2D eigenvalue weighted by atomic mass is 19.4. The van der Waals surface area contributed by atoms with E-state index in [1.807, 2.05) is 0 Å². The number of alkyl halides is 6. The van der Waals surface area contributed by atoms with Gasteiger partial charge in [0.25, 0.3) is 5.56 Å². The van der Waals surface area contributed by atoms with Crippen LogP contribution in [0.1, 0.15) is 41.9 Å². The lowest BCUT2D eigenvalue weighted by Crippen LogP contribution is -2.17. The van der Waals surface area contributed by atoms with Crippen molar-refractivity contribution in [1.29, 1.82) is 0 Å². The molecule has 0 aliphatic heterocycles. The van der Waals surface area contributed by atoms with Crippen molar-refractivity contribution in [3.8, 4) is 0 Å². The summed E-state index contributed by atoms with van der Waals surface area (Å²) in [5.74, 6) is -0.348. The zero-order valence-electron chi connectivity index (χ0n) is 15.3. The van der Waals surface area contributed by atoms with Gasteiger partial charge in [-0.2, -0.15) is 31.4 Å². The van der Waals surface area contributed by atoms with E-state index < -0.39 is 42.4 Å². The van der Waals surface area contributed by atoms with Gasteiger partial charge in [0.2, 0.25) is 0 Å². The van der Waals surface area contributed by atoms with Gasteiger partial charge in [-0.3, -0.25) is 9.48 Å². The maximum Gasteiger partial charge on any atom is 0.416 e. The summed E-state index contributed by atoms with van der Waals surface area (Å²) in [5, 5.41) is 4.15. The van der Waals surface area contributed by atoms with Crippen molar-refractivity contribution >= 4 is 11.0 Å². The Hall–Kier alpha value is -2.85. The summed E-state index contributed by atoms with van der Waals surface area (Å²) >= 11 is 0. The van der Waals surface area contributed by atoms with Crippen LogP contribution in [0.5, 0.6) is 0 Å². The minimum absolute atomic E-state index is 0.103. The highest BCUT2D eigenvalue weighted by Gasteiger charge is 2.31. The SMILES string of the molecule is Cc1nc2c([C@@H](C)c3ccc(C(F)(F)F)cc3)nn(CCC(F)(F)F)c2c(=O)[nH]1. The van der Waals surface area contributed by atoms with E-state index in [1.54, 1.807) is 6.92 Å². The first-order valence-electron chi connectivity index (χ1n) is 8.58. The molecule has 0 radical (unpaired) electrons. The van der Waals surface area contributed by atoms with Crippen LogP contribution in [0.2, 0.25) is 0 Å². The largest absolute Gasteiger partial charge is 0.416 e. The third kappa shape index (κ3) is 4.43. The van der Waals surface area contributed by atoms with Crippen molar-refractivity contribution in [2.45, 2.75) is 45.1 Å². The average molecular weight is 418 g/mol. The van der Waals surface area contributed by atoms with E-state index in [4.69, 9.17) is 0 Å². The number of halogens is 6. The van der Waals surface area contributed by atoms with Crippen LogP contribution in [0.4, 0.5) is 26.3 Å². The Kier molecular flexibility index (Phi) is 5.18. The molecule has 11 heteroatoms. The number of H-pyrrole nitrogens is 1. The third-order valence-corrected chi connectivity index (χ3v) is 4.50. The highest BCUT2D eigenvalue weighted by Crippen LogP contribution is 2.33. The molecule has 1 aromatic carbocycles. The van der Waals surface area contributed by atoms with Crippen molar-refractivity contribution in [2.75, 3.05) is 0 Å². The Bertz CT molecular complexity index is 1080. The second kappa shape index (κ2) is 7.20. The van der Waals surface area contributed by atoms with Crippen LogP contribution in [0, 0.1) is 6.92 Å². The van der Waals surface area contributed by atoms with E-state index in [-0.39, 0.29) is 22.6 Å². The minimum Gasteiger partial charge on any atom is -0.309 e. The molecule has 0 bridgehead atoms. The molecular weight excluding hydrogens is 402 g/mol. The maximum absolute atomic E-state index is 12.8. The summed E-state index contributed by atoms with van der Waals surface area (Å²) in [7, 11) is 0. The van der Waals surface area contributed by atoms with Crippen LogP contribution < -0.4 is 5.56 Å². The number of benzene rings is 1. The van der Waals surface area contributed by atoms with Gasteiger partial charge in [-0.25, -0.2) is 4.98 Å². The van der Waals surface area contributed by atoms with Gasteiger partial charge < -0.3 is 4.98 Å². The van der Waals surface area contributed by atoms with E-state index >= 15 is 0 Å². The van der Waals surface area contributed by atoms with Gasteiger partial charge in [-0.1, -0.05) is 19.1 Å². The number of nitrogens with zero attached hydrogens (tertiary/aromatic N) is 3. The number of aromatic nitrogens is 4. The van der Waals surface area contributed by atoms with Gasteiger partial charge in [-0.15, -0.1) is 0 Å². The third-order valence-electron chi connectivity index (χ3n) is 4.50. The molecule has 0 fully saturated rings. The molecule has 0 aliphatic rings. The molecule has 3 aromatic rings. The first-order chi connectivity index (χ1) is 13.4. The Morgan fingerprint density at radius 2 is 1.72 bits per heavy atom. The summed E-state index contributed by atoms with van der Waals surface area (Å²) < 4.78 is 77.2. The summed E-state index contributed by atoms with van der Waals surface area (Å²) in [5.41, 5.74) is -0.752. The Labute approximate surface area is 160 Å². The molecule has 156 valence electrons. The smallest absolute Gasteiger partial charge is 0.309 e. The fourth-order valence-corrected chi connectivity index (χ4v) is 3.03. The number of hydrogen-bond donors (Lipinski definition) is 1. The predicted molar refractivity (Wildman–Crippen MR) is 92.5 cm³/mol. The zero-order valence-corrected chi connectivity index (χ0v) is 15.3. The second-order valence-corrected chi connectivity index (χ2v) is 6.66. The van der Waals surface area contributed by atoms with Crippen LogP contribution >= 0.6 is 0 Å². The van der Waals surface area contributed by atoms with E-state index in [2.05, 4.69) is 15.1 Å². The number of aromatic amines is 1. The van der Waals surface area contributed by atoms with Crippen LogP contribution in [0.15, 0.2) is 29.1 Å². The van der Waals surface area contributed by atoms with Crippen LogP contribution in [-0.4, -0.2) is 25.9 Å². The first kappa shape index (κ1) is 20.9. The van der Waals surface area contributed by atoms with Crippen LogP contribution in [0.25, 0.3) is 11.0 Å². The molecule has 29 heavy (non-hydrogen) atoms. The first-order valence-corrected chi connectivity index (χ1v) is 8.58. The molecule has 0 saturated carbocycles. The molecule has 0 unspecified atom stereocenters. The fraction of sp³-hybridized carbons (Fsp3) is 0.389. The molecule has 5 nitrogen and oxygen atoms in total. The molecule has 1 N–H and O–H groups in total. The predicted octanol–water partition coefficient (Wildman–Crippen LogP) is 4.55. The van der Waals surface area contributed by atoms with Gasteiger partial charge in [0, 0.05) is 5.92 Å². The van der Waals surface area contributed by atoms with Crippen LogP contribution in [0.3, 0.4) is 0 Å². The number of aryl methyl sites for hydroxylation is 2. The molecular formula is C18H16F6N4O. The molecule has 2 heterocycles. The molecule has 0 spiro atoms. The van der Waals surface area contributed by atoms with E-state index in [9.17, 15) is 31.1 Å². The van der Waals surface area contributed by atoms with Gasteiger partial charge in [0.05, 0.1) is 24.2 Å². The molecule has 0 saturated heterocycles. The molecule has 1 atom stereocenters. The van der Waals surface area contributed by atoms with Crippen LogP contribution in [-0.2, 0) is 12.7 Å². The summed E-state index contributed by atoms with van der Waals surface area (Å²) in [6.45, 7) is 2.57. The van der Waals surface area contributed by atoms with E-state index in [0.29, 0.717) is 5.56 Å². The lowest BCUT2D eigenvalue weighted by atomic mass is 9.96. The summed E-state index contributed by atoms with van der Waals surface area (Å²) in [6, 6.07) is 4.38. The summed E-state index contributed by atoms with van der Waals surface area (Å²) in [4.78, 5) is 18.9. The quantitative estimate of drug-likeness (QED) is 0.633. The van der Waals surface area contributed by atoms with Crippen molar-refractivity contribution < 1.29 is 26.3 Å². The fourth-order valence-electron chi connectivity index (χ4n) is 3.03. The molecule has 3 rings (SSSR count). The van der Waals surface area contributed by atoms with E-state index in [0.717, 1.165) is 16.8 Å². The number of rotatable bonds is 4. The van der Waals surface area contributed by atoms with Crippen molar-refractivity contribution in [1.82, 2.24) is 19.7 Å². The van der Waals surface area contributed by atoms with Crippen molar-refractivity contribution in [3.63, 3.8) is 0 Å². The maximum atomic E-state index is 12.8. The number of hydrogen-bond acceptors (Lipinski definition) is 3. The number of nitrogens with one attached hydrogen (secondary N) is 1.